The van der Waals surface area contributed by atoms with Gasteiger partial charge in [0.15, 0.2) is 0 Å². The van der Waals surface area contributed by atoms with Crippen LogP contribution in [0.1, 0.15) is 9.67 Å². The molecule has 0 saturated carbocycles. The highest BCUT2D eigenvalue weighted by atomic mass is 35.7. The van der Waals surface area contributed by atoms with Gasteiger partial charge in [-0.3, -0.25) is 4.79 Å². The summed E-state index contributed by atoms with van der Waals surface area (Å²) in [6.45, 7) is 0. The summed E-state index contributed by atoms with van der Waals surface area (Å²) in [5, 5.41) is 4.10. The molecule has 1 amide bonds. The predicted molar refractivity (Wildman–Crippen MR) is 78.3 cm³/mol. The van der Waals surface area contributed by atoms with Gasteiger partial charge in [-0.15, -0.1) is 11.3 Å². The molecule has 0 atom stereocenters. The average molecular weight is 332 g/mol. The summed E-state index contributed by atoms with van der Waals surface area (Å²) in [5.41, 5.74) is 0.530. The molecule has 1 N–H and O–H groups in total. The minimum Gasteiger partial charge on any atom is -0.497 e. The Balaban J connectivity index is 2.22. The molecule has 0 bridgehead atoms. The van der Waals surface area contributed by atoms with E-state index in [1.165, 1.54) is 18.6 Å². The van der Waals surface area contributed by atoms with Gasteiger partial charge in [-0.25, -0.2) is 8.42 Å². The van der Waals surface area contributed by atoms with Crippen molar-refractivity contribution in [3.05, 3.63) is 40.6 Å². The van der Waals surface area contributed by atoms with Crippen LogP contribution in [0.15, 0.2) is 40.6 Å². The Morgan fingerprint density at radius 2 is 1.90 bits per heavy atom. The van der Waals surface area contributed by atoms with Crippen molar-refractivity contribution in [1.29, 1.82) is 0 Å². The van der Waals surface area contributed by atoms with Gasteiger partial charge in [0, 0.05) is 16.4 Å². The van der Waals surface area contributed by atoms with E-state index in [-0.39, 0.29) is 9.77 Å². The molecule has 0 saturated heterocycles. The fraction of sp³-hybridized carbons (Fsp3) is 0.0833. The average Bonchev–Trinajstić information content (AvgIpc) is 2.89. The van der Waals surface area contributed by atoms with Crippen LogP contribution in [0.3, 0.4) is 0 Å². The minimum absolute atomic E-state index is 0.0517. The van der Waals surface area contributed by atoms with E-state index in [2.05, 4.69) is 5.32 Å². The number of halogens is 1. The number of methoxy groups -OCH3 is 1. The van der Waals surface area contributed by atoms with E-state index >= 15 is 0 Å². The van der Waals surface area contributed by atoms with Crippen molar-refractivity contribution >= 4 is 42.7 Å². The van der Waals surface area contributed by atoms with Crippen molar-refractivity contribution in [2.75, 3.05) is 12.4 Å². The Bertz CT molecular complexity index is 722. The molecular formula is C12H10ClNO4S2. The molecule has 0 aliphatic rings. The van der Waals surface area contributed by atoms with E-state index in [9.17, 15) is 13.2 Å². The maximum absolute atomic E-state index is 12.0. The van der Waals surface area contributed by atoms with Crippen LogP contribution < -0.4 is 10.1 Å². The van der Waals surface area contributed by atoms with Crippen molar-refractivity contribution in [3.63, 3.8) is 0 Å². The van der Waals surface area contributed by atoms with Crippen LogP contribution in [0, 0.1) is 0 Å². The number of nitrogens with one attached hydrogen (secondary N) is 1. The SMILES string of the molecule is COc1ccc(NC(=O)c2sccc2S(=O)(=O)Cl)cc1. The lowest BCUT2D eigenvalue weighted by molar-refractivity contribution is 0.102. The smallest absolute Gasteiger partial charge is 0.267 e. The topological polar surface area (TPSA) is 72.5 Å². The second kappa shape index (κ2) is 5.82. The van der Waals surface area contributed by atoms with Gasteiger partial charge < -0.3 is 10.1 Å². The monoisotopic (exact) mass is 331 g/mol. The molecule has 2 aromatic rings. The van der Waals surface area contributed by atoms with Gasteiger partial charge in [-0.1, -0.05) is 0 Å². The molecule has 0 unspecified atom stereocenters. The number of rotatable bonds is 4. The summed E-state index contributed by atoms with van der Waals surface area (Å²) in [4.78, 5) is 11.9. The normalized spacial score (nSPS) is 11.1. The van der Waals surface area contributed by atoms with E-state index < -0.39 is 15.0 Å². The summed E-state index contributed by atoms with van der Waals surface area (Å²) in [7, 11) is 2.88. The number of amides is 1. The molecule has 5 nitrogen and oxygen atoms in total. The number of hydrogen-bond donors (Lipinski definition) is 1. The lowest BCUT2D eigenvalue weighted by atomic mass is 10.3. The summed E-state index contributed by atoms with van der Waals surface area (Å²) in [6, 6.07) is 7.97. The Morgan fingerprint density at radius 1 is 1.25 bits per heavy atom. The van der Waals surface area contributed by atoms with Gasteiger partial charge in [-0.05, 0) is 35.7 Å². The molecular weight excluding hydrogens is 322 g/mol. The van der Waals surface area contributed by atoms with Crippen LogP contribution in [-0.4, -0.2) is 21.4 Å². The standard InChI is InChI=1S/C12H10ClNO4S2/c1-18-9-4-2-8(3-5-9)14-12(15)11-10(6-7-19-11)20(13,16)17/h2-7H,1H3,(H,14,15). The molecule has 0 radical (unpaired) electrons. The highest BCUT2D eigenvalue weighted by Gasteiger charge is 2.22. The van der Waals surface area contributed by atoms with E-state index in [1.54, 1.807) is 24.3 Å². The number of benzene rings is 1. The van der Waals surface area contributed by atoms with Crippen molar-refractivity contribution in [2.24, 2.45) is 0 Å². The fourth-order valence-corrected chi connectivity index (χ4v) is 3.83. The van der Waals surface area contributed by atoms with Gasteiger partial charge >= 0.3 is 0 Å². The molecule has 0 spiro atoms. The van der Waals surface area contributed by atoms with Crippen LogP contribution in [0.25, 0.3) is 0 Å². The molecule has 1 aromatic heterocycles. The van der Waals surface area contributed by atoms with Crippen molar-refractivity contribution in [3.8, 4) is 5.75 Å². The van der Waals surface area contributed by atoms with E-state index in [4.69, 9.17) is 15.4 Å². The summed E-state index contributed by atoms with van der Waals surface area (Å²) >= 11 is 1.01. The molecule has 1 heterocycles. The quantitative estimate of drug-likeness (QED) is 0.874. The first-order valence-corrected chi connectivity index (χ1v) is 8.58. The van der Waals surface area contributed by atoms with Crippen LogP contribution in [-0.2, 0) is 9.05 Å². The van der Waals surface area contributed by atoms with Gasteiger partial charge in [0.1, 0.15) is 15.5 Å². The molecule has 20 heavy (non-hydrogen) atoms. The molecule has 106 valence electrons. The lowest BCUT2D eigenvalue weighted by Gasteiger charge is -2.06. The number of hydrogen-bond acceptors (Lipinski definition) is 5. The van der Waals surface area contributed by atoms with Gasteiger partial charge in [0.25, 0.3) is 15.0 Å². The highest BCUT2D eigenvalue weighted by molar-refractivity contribution is 8.13. The zero-order chi connectivity index (χ0) is 14.8. The summed E-state index contributed by atoms with van der Waals surface area (Å²) < 4.78 is 27.7. The van der Waals surface area contributed by atoms with Crippen LogP contribution >= 0.6 is 22.0 Å². The maximum Gasteiger partial charge on any atom is 0.267 e. The first-order chi connectivity index (χ1) is 9.41. The Morgan fingerprint density at radius 3 is 2.45 bits per heavy atom. The largest absolute Gasteiger partial charge is 0.497 e. The summed E-state index contributed by atoms with van der Waals surface area (Å²) in [5.74, 6) is 0.132. The third-order valence-corrected chi connectivity index (χ3v) is 4.85. The summed E-state index contributed by atoms with van der Waals surface area (Å²) in [6.07, 6.45) is 0. The van der Waals surface area contributed by atoms with E-state index in [0.717, 1.165) is 11.3 Å². The Labute approximate surface area is 124 Å². The zero-order valence-electron chi connectivity index (χ0n) is 10.3. The molecule has 1 aromatic carbocycles. The molecule has 8 heteroatoms. The van der Waals surface area contributed by atoms with Gasteiger partial charge in [0.2, 0.25) is 0 Å². The molecule has 2 rings (SSSR count). The Kier molecular flexibility index (Phi) is 4.32. The maximum atomic E-state index is 12.0. The van der Waals surface area contributed by atoms with Gasteiger partial charge in [0.05, 0.1) is 7.11 Å². The fourth-order valence-electron chi connectivity index (χ4n) is 1.52. The number of carbonyl (C=O) groups is 1. The number of carbonyl (C=O) groups excluding carboxylic acids is 1. The molecule has 0 aliphatic heterocycles. The van der Waals surface area contributed by atoms with Gasteiger partial charge in [-0.2, -0.15) is 0 Å². The minimum atomic E-state index is -3.94. The second-order valence-electron chi connectivity index (χ2n) is 3.73. The van der Waals surface area contributed by atoms with Crippen LogP contribution in [0.4, 0.5) is 5.69 Å². The third kappa shape index (κ3) is 3.30. The lowest BCUT2D eigenvalue weighted by Crippen LogP contribution is -2.12. The number of ether oxygens (including phenoxy) is 1. The first-order valence-electron chi connectivity index (χ1n) is 5.39. The van der Waals surface area contributed by atoms with Crippen LogP contribution in [0.5, 0.6) is 5.75 Å². The number of thiophene rings is 1. The van der Waals surface area contributed by atoms with Crippen molar-refractivity contribution in [1.82, 2.24) is 0 Å². The predicted octanol–water partition coefficient (Wildman–Crippen LogP) is 2.94. The first kappa shape index (κ1) is 14.8. The second-order valence-corrected chi connectivity index (χ2v) is 7.18. The molecule has 0 fully saturated rings. The number of anilines is 1. The van der Waals surface area contributed by atoms with E-state index in [1.807, 2.05) is 0 Å². The Hall–Kier alpha value is -1.57. The third-order valence-electron chi connectivity index (χ3n) is 2.45. The van der Waals surface area contributed by atoms with E-state index in [0.29, 0.717) is 11.4 Å². The molecule has 0 aliphatic carbocycles. The zero-order valence-corrected chi connectivity index (χ0v) is 12.7. The van der Waals surface area contributed by atoms with Crippen molar-refractivity contribution < 1.29 is 17.9 Å². The van der Waals surface area contributed by atoms with Crippen LogP contribution in [0.2, 0.25) is 0 Å². The van der Waals surface area contributed by atoms with Crippen molar-refractivity contribution in [2.45, 2.75) is 4.90 Å². The highest BCUT2D eigenvalue weighted by Crippen LogP contribution is 2.26.